The van der Waals surface area contributed by atoms with Gasteiger partial charge in [0.05, 0.1) is 26.3 Å². The molecule has 0 saturated carbocycles. The van der Waals surface area contributed by atoms with E-state index in [2.05, 4.69) is 10.6 Å². The molecule has 0 spiro atoms. The molecule has 0 atom stereocenters. The van der Waals surface area contributed by atoms with Gasteiger partial charge in [0, 0.05) is 18.7 Å². The van der Waals surface area contributed by atoms with Crippen molar-refractivity contribution in [3.63, 3.8) is 0 Å². The SMILES string of the molecule is O=C(NCCS(=O)(=O)c1ccccc1)Nc1ccc([N+](=O)[O-])cc1Cl. The number of sulfone groups is 1. The number of nitrogens with one attached hydrogen (secondary N) is 2. The Morgan fingerprint density at radius 3 is 2.44 bits per heavy atom. The van der Waals surface area contributed by atoms with Crippen molar-refractivity contribution in [2.75, 3.05) is 17.6 Å². The molecule has 0 saturated heterocycles. The van der Waals surface area contributed by atoms with E-state index in [9.17, 15) is 23.3 Å². The first-order chi connectivity index (χ1) is 11.8. The molecule has 2 amide bonds. The van der Waals surface area contributed by atoms with Gasteiger partial charge in [0.2, 0.25) is 0 Å². The molecular formula is C15H14ClN3O5S. The fourth-order valence-corrected chi connectivity index (χ4v) is 3.33. The van der Waals surface area contributed by atoms with E-state index in [0.717, 1.165) is 6.07 Å². The van der Waals surface area contributed by atoms with Gasteiger partial charge in [-0.2, -0.15) is 0 Å². The smallest absolute Gasteiger partial charge is 0.319 e. The highest BCUT2D eigenvalue weighted by Gasteiger charge is 2.15. The number of benzene rings is 2. The lowest BCUT2D eigenvalue weighted by Crippen LogP contribution is -2.32. The first kappa shape index (κ1) is 18.7. The Morgan fingerprint density at radius 1 is 1.16 bits per heavy atom. The molecule has 132 valence electrons. The maximum atomic E-state index is 12.1. The van der Waals surface area contributed by atoms with E-state index < -0.39 is 20.8 Å². The number of carbonyl (C=O) groups is 1. The van der Waals surface area contributed by atoms with Crippen molar-refractivity contribution >= 4 is 38.8 Å². The number of nitrogens with zero attached hydrogens (tertiary/aromatic N) is 1. The fraction of sp³-hybridized carbons (Fsp3) is 0.133. The molecule has 0 heterocycles. The van der Waals surface area contributed by atoms with Crippen molar-refractivity contribution in [2.45, 2.75) is 4.90 Å². The van der Waals surface area contributed by atoms with E-state index in [-0.39, 0.29) is 33.6 Å². The van der Waals surface area contributed by atoms with Crippen LogP contribution in [0, 0.1) is 10.1 Å². The molecule has 0 radical (unpaired) electrons. The Kier molecular flexibility index (Phi) is 5.94. The van der Waals surface area contributed by atoms with Gasteiger partial charge < -0.3 is 10.6 Å². The number of nitro benzene ring substituents is 1. The monoisotopic (exact) mass is 383 g/mol. The second-order valence-corrected chi connectivity index (χ2v) is 7.45. The highest BCUT2D eigenvalue weighted by molar-refractivity contribution is 7.91. The number of anilines is 1. The number of amides is 2. The Hall–Kier alpha value is -2.65. The first-order valence-electron chi connectivity index (χ1n) is 7.06. The molecule has 0 aliphatic rings. The van der Waals surface area contributed by atoms with E-state index >= 15 is 0 Å². The van der Waals surface area contributed by atoms with Crippen molar-refractivity contribution in [1.29, 1.82) is 0 Å². The zero-order valence-electron chi connectivity index (χ0n) is 12.8. The van der Waals surface area contributed by atoms with Gasteiger partial charge in [0.1, 0.15) is 0 Å². The van der Waals surface area contributed by atoms with Crippen LogP contribution in [0.3, 0.4) is 0 Å². The van der Waals surface area contributed by atoms with Gasteiger partial charge in [0.15, 0.2) is 9.84 Å². The highest BCUT2D eigenvalue weighted by atomic mass is 35.5. The Labute approximate surface area is 148 Å². The first-order valence-corrected chi connectivity index (χ1v) is 9.09. The number of non-ortho nitro benzene ring substituents is 1. The van der Waals surface area contributed by atoms with Crippen LogP contribution in [0.15, 0.2) is 53.4 Å². The van der Waals surface area contributed by atoms with Crippen LogP contribution in [0.25, 0.3) is 0 Å². The summed E-state index contributed by atoms with van der Waals surface area (Å²) in [5, 5.41) is 15.4. The minimum Gasteiger partial charge on any atom is -0.337 e. The van der Waals surface area contributed by atoms with Crippen molar-refractivity contribution in [1.82, 2.24) is 5.32 Å². The lowest BCUT2D eigenvalue weighted by Gasteiger charge is -2.09. The van der Waals surface area contributed by atoms with Crippen molar-refractivity contribution in [2.24, 2.45) is 0 Å². The summed E-state index contributed by atoms with van der Waals surface area (Å²) in [4.78, 5) is 22.0. The van der Waals surface area contributed by atoms with Crippen LogP contribution >= 0.6 is 11.6 Å². The zero-order valence-corrected chi connectivity index (χ0v) is 14.4. The molecule has 2 aromatic carbocycles. The normalized spacial score (nSPS) is 10.9. The van der Waals surface area contributed by atoms with Crippen molar-refractivity contribution in [3.8, 4) is 0 Å². The Morgan fingerprint density at radius 2 is 1.84 bits per heavy atom. The van der Waals surface area contributed by atoms with Gasteiger partial charge >= 0.3 is 6.03 Å². The molecule has 25 heavy (non-hydrogen) atoms. The third-order valence-electron chi connectivity index (χ3n) is 3.17. The lowest BCUT2D eigenvalue weighted by atomic mass is 10.3. The van der Waals surface area contributed by atoms with Gasteiger partial charge in [-0.3, -0.25) is 10.1 Å². The van der Waals surface area contributed by atoms with Crippen LogP contribution in [0.2, 0.25) is 5.02 Å². The van der Waals surface area contributed by atoms with E-state index in [1.54, 1.807) is 18.2 Å². The van der Waals surface area contributed by atoms with Gasteiger partial charge in [-0.1, -0.05) is 29.8 Å². The average Bonchev–Trinajstić information content (AvgIpc) is 2.57. The van der Waals surface area contributed by atoms with E-state index in [1.807, 2.05) is 0 Å². The van der Waals surface area contributed by atoms with Crippen molar-refractivity contribution in [3.05, 3.63) is 63.7 Å². The maximum Gasteiger partial charge on any atom is 0.319 e. The number of hydrogen-bond donors (Lipinski definition) is 2. The van der Waals surface area contributed by atoms with Gasteiger partial charge in [-0.15, -0.1) is 0 Å². The molecule has 10 heteroatoms. The molecule has 0 fully saturated rings. The Balaban J connectivity index is 1.90. The summed E-state index contributed by atoms with van der Waals surface area (Å²) >= 11 is 5.86. The number of hydrogen-bond acceptors (Lipinski definition) is 5. The van der Waals surface area contributed by atoms with E-state index in [4.69, 9.17) is 11.6 Å². The van der Waals surface area contributed by atoms with Crippen LogP contribution in [0.4, 0.5) is 16.2 Å². The molecular weight excluding hydrogens is 370 g/mol. The second kappa shape index (κ2) is 7.95. The van der Waals surface area contributed by atoms with Crippen molar-refractivity contribution < 1.29 is 18.1 Å². The minimum absolute atomic E-state index is 0.00116. The average molecular weight is 384 g/mol. The van der Waals surface area contributed by atoms with Gasteiger partial charge in [-0.25, -0.2) is 13.2 Å². The summed E-state index contributed by atoms with van der Waals surface area (Å²) in [6, 6.07) is 10.8. The minimum atomic E-state index is -3.50. The summed E-state index contributed by atoms with van der Waals surface area (Å²) in [7, 11) is -3.50. The zero-order chi connectivity index (χ0) is 18.4. The van der Waals surface area contributed by atoms with Crippen LogP contribution in [0.5, 0.6) is 0 Å². The van der Waals surface area contributed by atoms with Crippen LogP contribution < -0.4 is 10.6 Å². The number of rotatable bonds is 6. The van der Waals surface area contributed by atoms with Gasteiger partial charge in [0.25, 0.3) is 5.69 Å². The lowest BCUT2D eigenvalue weighted by molar-refractivity contribution is -0.384. The number of carbonyl (C=O) groups excluding carboxylic acids is 1. The summed E-state index contributed by atoms with van der Waals surface area (Å²) in [5.41, 5.74) is -0.0272. The maximum absolute atomic E-state index is 12.1. The number of nitro groups is 1. The van der Waals surface area contributed by atoms with Crippen LogP contribution in [-0.4, -0.2) is 31.7 Å². The number of halogens is 1. The molecule has 0 aliphatic carbocycles. The quantitative estimate of drug-likeness (QED) is 0.587. The Bertz CT molecular complexity index is 887. The summed E-state index contributed by atoms with van der Waals surface area (Å²) in [5.74, 6) is -0.265. The predicted molar refractivity (Wildman–Crippen MR) is 93.6 cm³/mol. The molecule has 2 aromatic rings. The highest BCUT2D eigenvalue weighted by Crippen LogP contribution is 2.26. The second-order valence-electron chi connectivity index (χ2n) is 4.93. The third kappa shape index (κ3) is 5.16. The summed E-state index contributed by atoms with van der Waals surface area (Å²) in [6.07, 6.45) is 0. The molecule has 0 aliphatic heterocycles. The molecule has 0 bridgehead atoms. The van der Waals surface area contributed by atoms with Gasteiger partial charge in [-0.05, 0) is 18.2 Å². The molecule has 0 aromatic heterocycles. The van der Waals surface area contributed by atoms with Crippen LogP contribution in [-0.2, 0) is 9.84 Å². The van der Waals surface area contributed by atoms with Crippen LogP contribution in [0.1, 0.15) is 0 Å². The molecule has 8 nitrogen and oxygen atoms in total. The summed E-state index contributed by atoms with van der Waals surface area (Å²) in [6.45, 7) is -0.104. The van der Waals surface area contributed by atoms with E-state index in [1.165, 1.54) is 24.3 Å². The molecule has 2 N–H and O–H groups in total. The number of urea groups is 1. The fourth-order valence-electron chi connectivity index (χ4n) is 1.93. The topological polar surface area (TPSA) is 118 Å². The third-order valence-corrected chi connectivity index (χ3v) is 5.22. The molecule has 0 unspecified atom stereocenters. The largest absolute Gasteiger partial charge is 0.337 e. The summed E-state index contributed by atoms with van der Waals surface area (Å²) < 4.78 is 24.1. The molecule has 2 rings (SSSR count). The van der Waals surface area contributed by atoms with E-state index in [0.29, 0.717) is 0 Å². The predicted octanol–water partition coefficient (Wildman–Crippen LogP) is 2.84. The standard InChI is InChI=1S/C15H14ClN3O5S/c16-13-10-11(19(21)22)6-7-14(13)18-15(20)17-8-9-25(23,24)12-4-2-1-3-5-12/h1-7,10H,8-9H2,(H2,17,18,20).